The number of aromatic nitrogens is 5. The molecule has 0 atom stereocenters. The second-order valence-corrected chi connectivity index (χ2v) is 7.45. The van der Waals surface area contributed by atoms with Crippen LogP contribution in [0.3, 0.4) is 0 Å². The predicted molar refractivity (Wildman–Crippen MR) is 110 cm³/mol. The van der Waals surface area contributed by atoms with Crippen molar-refractivity contribution in [2.75, 3.05) is 5.32 Å². The molecule has 8 nitrogen and oxygen atoms in total. The average Bonchev–Trinajstić information content (AvgIpc) is 3.30. The lowest BCUT2D eigenvalue weighted by molar-refractivity contribution is -0.142. The van der Waals surface area contributed by atoms with Crippen LogP contribution in [0.5, 0.6) is 5.75 Å². The number of amides is 1. The number of hydrogen-bond donors (Lipinski definition) is 1. The number of aryl methyl sites for hydroxylation is 1. The van der Waals surface area contributed by atoms with Crippen LogP contribution in [0.25, 0.3) is 5.65 Å². The van der Waals surface area contributed by atoms with E-state index in [-0.39, 0.29) is 28.8 Å². The van der Waals surface area contributed by atoms with Crippen LogP contribution in [0.4, 0.5) is 18.9 Å². The zero-order valence-electron chi connectivity index (χ0n) is 16.2. The van der Waals surface area contributed by atoms with Crippen LogP contribution in [0.2, 0.25) is 10.0 Å². The first-order chi connectivity index (χ1) is 15.1. The Morgan fingerprint density at radius 2 is 2.03 bits per heavy atom. The van der Waals surface area contributed by atoms with Gasteiger partial charge in [-0.05, 0) is 31.2 Å². The minimum atomic E-state index is -4.71. The number of nitrogens with zero attached hydrogens (tertiary/aromatic N) is 5. The lowest BCUT2D eigenvalue weighted by Gasteiger charge is -2.09. The van der Waals surface area contributed by atoms with Gasteiger partial charge in [0.2, 0.25) is 0 Å². The van der Waals surface area contributed by atoms with Crippen molar-refractivity contribution in [2.24, 2.45) is 0 Å². The quantitative estimate of drug-likeness (QED) is 0.437. The molecular weight excluding hydrogens is 472 g/mol. The number of rotatable bonds is 5. The fourth-order valence-electron chi connectivity index (χ4n) is 2.85. The van der Waals surface area contributed by atoms with Gasteiger partial charge in [0.15, 0.2) is 18.1 Å². The Labute approximate surface area is 188 Å². The van der Waals surface area contributed by atoms with Gasteiger partial charge >= 0.3 is 6.18 Å². The third-order valence-electron chi connectivity index (χ3n) is 4.22. The molecule has 3 aromatic heterocycles. The fourth-order valence-corrected chi connectivity index (χ4v) is 3.27. The van der Waals surface area contributed by atoms with Crippen LogP contribution in [0.15, 0.2) is 42.7 Å². The molecule has 0 aliphatic carbocycles. The number of anilines is 1. The van der Waals surface area contributed by atoms with Crippen molar-refractivity contribution < 1.29 is 22.7 Å². The maximum atomic E-state index is 13.3. The Hall–Kier alpha value is -3.31. The van der Waals surface area contributed by atoms with E-state index in [0.29, 0.717) is 15.3 Å². The van der Waals surface area contributed by atoms with Gasteiger partial charge in [-0.3, -0.25) is 4.79 Å². The van der Waals surface area contributed by atoms with Crippen LogP contribution in [0.1, 0.15) is 21.9 Å². The molecule has 13 heteroatoms. The van der Waals surface area contributed by atoms with Crippen molar-refractivity contribution in [1.82, 2.24) is 24.4 Å². The first-order valence-electron chi connectivity index (χ1n) is 8.97. The molecule has 0 saturated carbocycles. The molecule has 166 valence electrons. The number of alkyl halides is 3. The highest BCUT2D eigenvalue weighted by molar-refractivity contribution is 6.37. The zero-order valence-corrected chi connectivity index (χ0v) is 17.7. The molecule has 32 heavy (non-hydrogen) atoms. The van der Waals surface area contributed by atoms with Crippen molar-refractivity contribution in [3.63, 3.8) is 0 Å². The minimum absolute atomic E-state index is 0.0312. The molecule has 0 saturated heterocycles. The number of halogens is 5. The van der Waals surface area contributed by atoms with Gasteiger partial charge in [0.05, 0.1) is 18.1 Å². The van der Waals surface area contributed by atoms with Crippen LogP contribution in [-0.2, 0) is 12.9 Å². The normalized spacial score (nSPS) is 11.7. The van der Waals surface area contributed by atoms with Crippen molar-refractivity contribution in [3.05, 3.63) is 69.9 Å². The van der Waals surface area contributed by atoms with E-state index in [1.54, 1.807) is 24.3 Å². The van der Waals surface area contributed by atoms with Gasteiger partial charge in [0.1, 0.15) is 16.5 Å². The Morgan fingerprint density at radius 3 is 2.75 bits per heavy atom. The van der Waals surface area contributed by atoms with Crippen LogP contribution >= 0.6 is 23.2 Å². The number of hydrogen-bond acceptors (Lipinski definition) is 5. The zero-order chi connectivity index (χ0) is 23.0. The Balaban J connectivity index is 1.53. The van der Waals surface area contributed by atoms with E-state index >= 15 is 0 Å². The van der Waals surface area contributed by atoms with Crippen LogP contribution < -0.4 is 10.1 Å². The van der Waals surface area contributed by atoms with E-state index in [1.165, 1.54) is 24.0 Å². The molecular formula is C19H13Cl2F3N6O2. The van der Waals surface area contributed by atoms with Gasteiger partial charge in [-0.1, -0.05) is 29.3 Å². The number of nitrogens with one attached hydrogen (secondary N) is 1. The number of fused-ring (bicyclic) bond motifs is 1. The van der Waals surface area contributed by atoms with Crippen molar-refractivity contribution in [3.8, 4) is 5.75 Å². The lowest BCUT2D eigenvalue weighted by Crippen LogP contribution is -2.15. The molecule has 0 radical (unpaired) electrons. The predicted octanol–water partition coefficient (Wildman–Crippen LogP) is 4.85. The summed E-state index contributed by atoms with van der Waals surface area (Å²) in [5.41, 5.74) is -1.42. The third kappa shape index (κ3) is 4.48. The van der Waals surface area contributed by atoms with Gasteiger partial charge in [-0.15, -0.1) is 0 Å². The standard InChI is InChI=1S/C19H13Cl2F3N6O2/c1-10-5-14(19(22,23)24)30-17(26-10)15(21)16(28-30)18(31)27-12-7-25-29(8-12)9-32-13-4-2-3-11(20)6-13/h2-8H,9H2,1H3,(H,27,31). The number of ether oxygens (including phenoxy) is 1. The van der Waals surface area contributed by atoms with E-state index in [4.69, 9.17) is 27.9 Å². The Bertz CT molecular complexity index is 1320. The molecule has 3 heterocycles. The largest absolute Gasteiger partial charge is 0.471 e. The summed E-state index contributed by atoms with van der Waals surface area (Å²) < 4.78 is 47.5. The molecule has 0 fully saturated rings. The summed E-state index contributed by atoms with van der Waals surface area (Å²) in [5, 5.41) is 10.5. The lowest BCUT2D eigenvalue weighted by atomic mass is 10.3. The molecule has 0 unspecified atom stereocenters. The van der Waals surface area contributed by atoms with E-state index in [9.17, 15) is 18.0 Å². The summed E-state index contributed by atoms with van der Waals surface area (Å²) in [4.78, 5) is 16.6. The molecule has 0 aliphatic heterocycles. The highest BCUT2D eigenvalue weighted by Gasteiger charge is 2.36. The van der Waals surface area contributed by atoms with Gasteiger partial charge in [0.25, 0.3) is 5.91 Å². The summed E-state index contributed by atoms with van der Waals surface area (Å²) in [6.45, 7) is 1.42. The van der Waals surface area contributed by atoms with E-state index in [2.05, 4.69) is 20.5 Å². The summed E-state index contributed by atoms with van der Waals surface area (Å²) in [6.07, 6.45) is -1.90. The monoisotopic (exact) mass is 484 g/mol. The van der Waals surface area contributed by atoms with Gasteiger partial charge < -0.3 is 10.1 Å². The second-order valence-electron chi connectivity index (χ2n) is 6.63. The van der Waals surface area contributed by atoms with Crippen molar-refractivity contribution in [2.45, 2.75) is 19.8 Å². The summed E-state index contributed by atoms with van der Waals surface area (Å²) >= 11 is 12.0. The number of benzene rings is 1. The van der Waals surface area contributed by atoms with Gasteiger partial charge in [0, 0.05) is 10.7 Å². The third-order valence-corrected chi connectivity index (χ3v) is 4.80. The second kappa shape index (κ2) is 8.32. The Morgan fingerprint density at radius 1 is 1.25 bits per heavy atom. The molecule has 4 rings (SSSR count). The van der Waals surface area contributed by atoms with Gasteiger partial charge in [-0.2, -0.15) is 23.4 Å². The van der Waals surface area contributed by atoms with Crippen molar-refractivity contribution in [1.29, 1.82) is 0 Å². The van der Waals surface area contributed by atoms with Crippen LogP contribution in [0, 0.1) is 6.92 Å². The molecule has 0 aliphatic rings. The van der Waals surface area contributed by atoms with Crippen LogP contribution in [-0.4, -0.2) is 30.3 Å². The molecule has 1 N–H and O–H groups in total. The first-order valence-corrected chi connectivity index (χ1v) is 9.72. The number of carbonyl (C=O) groups excluding carboxylic acids is 1. The smallest absolute Gasteiger partial charge is 0.433 e. The van der Waals surface area contributed by atoms with Crippen molar-refractivity contribution >= 4 is 40.4 Å². The SMILES string of the molecule is Cc1cc(C(F)(F)F)n2nc(C(=O)Nc3cnn(COc4cccc(Cl)c4)c3)c(Cl)c2n1. The molecule has 0 spiro atoms. The highest BCUT2D eigenvalue weighted by atomic mass is 35.5. The molecule has 0 bridgehead atoms. The molecule has 4 aromatic rings. The molecule has 1 amide bonds. The Kier molecular flexibility index (Phi) is 5.70. The van der Waals surface area contributed by atoms with E-state index in [0.717, 1.165) is 6.07 Å². The summed E-state index contributed by atoms with van der Waals surface area (Å²) in [7, 11) is 0. The van der Waals surface area contributed by atoms with E-state index < -0.39 is 23.5 Å². The summed E-state index contributed by atoms with van der Waals surface area (Å²) in [5.74, 6) is -0.292. The molecule has 1 aromatic carbocycles. The van der Waals surface area contributed by atoms with E-state index in [1.807, 2.05) is 0 Å². The maximum absolute atomic E-state index is 13.3. The minimum Gasteiger partial charge on any atom is -0.471 e. The maximum Gasteiger partial charge on any atom is 0.433 e. The highest BCUT2D eigenvalue weighted by Crippen LogP contribution is 2.32. The fraction of sp³-hybridized carbons (Fsp3) is 0.158. The number of carbonyl (C=O) groups is 1. The topological polar surface area (TPSA) is 86.3 Å². The summed E-state index contributed by atoms with van der Waals surface area (Å²) in [6, 6.07) is 7.60. The van der Waals surface area contributed by atoms with Gasteiger partial charge in [-0.25, -0.2) is 14.2 Å². The first kappa shape index (κ1) is 21.9. The average molecular weight is 485 g/mol.